The van der Waals surface area contributed by atoms with Gasteiger partial charge in [0.2, 0.25) is 10.0 Å². The minimum atomic E-state index is -3.70. The summed E-state index contributed by atoms with van der Waals surface area (Å²) >= 11 is 3.14. The molecule has 0 saturated heterocycles. The molecular weight excluding hydrogens is 438 g/mol. The van der Waals surface area contributed by atoms with Gasteiger partial charge in [-0.25, -0.2) is 13.4 Å². The molecule has 0 aliphatic rings. The largest absolute Gasteiger partial charge is 0.322 e. The summed E-state index contributed by atoms with van der Waals surface area (Å²) in [6, 6.07) is 11.4. The molecule has 1 N–H and O–H groups in total. The molecule has 0 bridgehead atoms. The zero-order valence-electron chi connectivity index (χ0n) is 16.4. The molecule has 0 spiro atoms. The Morgan fingerprint density at radius 1 is 1.17 bits per heavy atom. The van der Waals surface area contributed by atoms with Crippen LogP contribution in [0.25, 0.3) is 10.2 Å². The smallest absolute Gasteiger partial charge is 0.255 e. The number of carbonyl (C=O) groups is 1. The second kappa shape index (κ2) is 9.57. The number of aromatic nitrogens is 1. The first-order valence-corrected chi connectivity index (χ1v) is 12.4. The van der Waals surface area contributed by atoms with Gasteiger partial charge < -0.3 is 5.32 Å². The first kappa shape index (κ1) is 22.2. The lowest BCUT2D eigenvalue weighted by molar-refractivity contribution is 0.102. The van der Waals surface area contributed by atoms with Crippen molar-refractivity contribution in [1.82, 2.24) is 9.29 Å². The Morgan fingerprint density at radius 3 is 2.43 bits per heavy atom. The number of carbonyl (C=O) groups excluding carboxylic acids is 1. The van der Waals surface area contributed by atoms with Crippen molar-refractivity contribution in [2.45, 2.75) is 9.24 Å². The Hall–Kier alpha value is -2.46. The van der Waals surface area contributed by atoms with Crippen LogP contribution in [0.2, 0.25) is 0 Å². The molecule has 30 heavy (non-hydrogen) atoms. The van der Waals surface area contributed by atoms with Crippen LogP contribution in [0.5, 0.6) is 0 Å². The van der Waals surface area contributed by atoms with E-state index in [0.29, 0.717) is 11.3 Å². The van der Waals surface area contributed by atoms with Crippen LogP contribution in [0.15, 0.2) is 77.0 Å². The van der Waals surface area contributed by atoms with Gasteiger partial charge in [-0.2, -0.15) is 4.31 Å². The minimum Gasteiger partial charge on any atom is -0.322 e. The van der Waals surface area contributed by atoms with Gasteiger partial charge in [0.1, 0.15) is 0 Å². The van der Waals surface area contributed by atoms with Crippen molar-refractivity contribution in [2.75, 3.05) is 24.7 Å². The summed E-state index contributed by atoms with van der Waals surface area (Å²) in [7, 11) is -3.70. The number of amides is 1. The number of sulfonamides is 1. The molecule has 1 heterocycles. The van der Waals surface area contributed by atoms with Crippen molar-refractivity contribution in [3.8, 4) is 0 Å². The van der Waals surface area contributed by atoms with Crippen LogP contribution >= 0.6 is 23.1 Å². The molecule has 9 heteroatoms. The molecule has 1 aromatic heterocycles. The third-order valence-corrected chi connectivity index (χ3v) is 8.07. The predicted molar refractivity (Wildman–Crippen MR) is 125 cm³/mol. The predicted octanol–water partition coefficient (Wildman–Crippen LogP) is 4.63. The summed E-state index contributed by atoms with van der Waals surface area (Å²) in [4.78, 5) is 17.2. The zero-order chi connectivity index (χ0) is 21.7. The molecule has 0 unspecified atom stereocenters. The quantitative estimate of drug-likeness (QED) is 0.373. The first-order chi connectivity index (χ1) is 14.4. The van der Waals surface area contributed by atoms with Crippen molar-refractivity contribution in [1.29, 1.82) is 0 Å². The molecule has 0 saturated carbocycles. The Bertz CT molecular complexity index is 1180. The number of nitrogens with one attached hydrogen (secondary N) is 1. The topological polar surface area (TPSA) is 79.4 Å². The van der Waals surface area contributed by atoms with E-state index in [1.165, 1.54) is 40.7 Å². The molecule has 2 aromatic carbocycles. The SMILES string of the molecule is C=CCN(CC=C)S(=O)(=O)c1ccc(C(=O)Nc2ccc3nc(SC)sc3c2)cc1. The van der Waals surface area contributed by atoms with Crippen LogP contribution < -0.4 is 5.32 Å². The van der Waals surface area contributed by atoms with E-state index in [0.717, 1.165) is 14.6 Å². The summed E-state index contributed by atoms with van der Waals surface area (Å²) in [6.07, 6.45) is 5.01. The summed E-state index contributed by atoms with van der Waals surface area (Å²) in [5, 5.41) is 2.85. The Labute approximate surface area is 184 Å². The molecule has 3 rings (SSSR count). The number of hydrogen-bond donors (Lipinski definition) is 1. The average Bonchev–Trinajstić information content (AvgIpc) is 3.16. The molecule has 1 amide bonds. The molecule has 0 radical (unpaired) electrons. The molecule has 0 aliphatic heterocycles. The van der Waals surface area contributed by atoms with Crippen LogP contribution in [0.3, 0.4) is 0 Å². The third-order valence-electron chi connectivity index (χ3n) is 4.22. The molecular formula is C21H21N3O3S3. The lowest BCUT2D eigenvalue weighted by Crippen LogP contribution is -2.31. The van der Waals surface area contributed by atoms with E-state index in [4.69, 9.17) is 0 Å². The highest BCUT2D eigenvalue weighted by Crippen LogP contribution is 2.30. The van der Waals surface area contributed by atoms with Gasteiger partial charge in [-0.15, -0.1) is 24.5 Å². The lowest BCUT2D eigenvalue weighted by atomic mass is 10.2. The zero-order valence-corrected chi connectivity index (χ0v) is 18.8. The highest BCUT2D eigenvalue weighted by atomic mass is 32.2. The Morgan fingerprint density at radius 2 is 1.83 bits per heavy atom. The molecule has 0 fully saturated rings. The van der Waals surface area contributed by atoms with E-state index in [1.54, 1.807) is 29.2 Å². The van der Waals surface area contributed by atoms with E-state index < -0.39 is 10.0 Å². The van der Waals surface area contributed by atoms with Gasteiger partial charge in [0.05, 0.1) is 15.1 Å². The van der Waals surface area contributed by atoms with Gasteiger partial charge in [0, 0.05) is 24.3 Å². The van der Waals surface area contributed by atoms with Crippen LogP contribution in [0, 0.1) is 0 Å². The summed E-state index contributed by atoms with van der Waals surface area (Å²) < 4.78 is 28.7. The van der Waals surface area contributed by atoms with Crippen LogP contribution in [-0.2, 0) is 10.0 Å². The Balaban J connectivity index is 1.77. The number of thioether (sulfide) groups is 1. The molecule has 0 aliphatic carbocycles. The fraction of sp³-hybridized carbons (Fsp3) is 0.143. The van der Waals surface area contributed by atoms with Gasteiger partial charge in [-0.1, -0.05) is 23.9 Å². The number of fused-ring (bicyclic) bond motifs is 1. The van der Waals surface area contributed by atoms with Gasteiger partial charge >= 0.3 is 0 Å². The number of benzene rings is 2. The molecule has 6 nitrogen and oxygen atoms in total. The number of thiazole rings is 1. The van der Waals surface area contributed by atoms with Crippen molar-refractivity contribution in [2.24, 2.45) is 0 Å². The van der Waals surface area contributed by atoms with Crippen molar-refractivity contribution < 1.29 is 13.2 Å². The average molecular weight is 460 g/mol. The maximum atomic E-state index is 12.8. The molecule has 3 aromatic rings. The fourth-order valence-electron chi connectivity index (χ4n) is 2.76. The summed E-state index contributed by atoms with van der Waals surface area (Å²) in [5.74, 6) is -0.318. The van der Waals surface area contributed by atoms with E-state index >= 15 is 0 Å². The molecule has 0 atom stereocenters. The number of nitrogens with zero attached hydrogens (tertiary/aromatic N) is 2. The second-order valence-corrected chi connectivity index (χ2v) is 10.3. The van der Waals surface area contributed by atoms with Crippen LogP contribution in [-0.4, -0.2) is 43.0 Å². The third kappa shape index (κ3) is 4.81. The van der Waals surface area contributed by atoms with Crippen molar-refractivity contribution in [3.63, 3.8) is 0 Å². The van der Waals surface area contributed by atoms with E-state index in [9.17, 15) is 13.2 Å². The van der Waals surface area contributed by atoms with Crippen molar-refractivity contribution in [3.05, 3.63) is 73.3 Å². The number of hydrogen-bond acceptors (Lipinski definition) is 6. The van der Waals surface area contributed by atoms with E-state index in [-0.39, 0.29) is 23.9 Å². The number of anilines is 1. The van der Waals surface area contributed by atoms with Gasteiger partial charge in [0.25, 0.3) is 5.91 Å². The Kier molecular flexibility index (Phi) is 7.09. The number of rotatable bonds is 9. The van der Waals surface area contributed by atoms with Gasteiger partial charge in [-0.05, 0) is 48.7 Å². The van der Waals surface area contributed by atoms with Crippen LogP contribution in [0.1, 0.15) is 10.4 Å². The van der Waals surface area contributed by atoms with Crippen molar-refractivity contribution >= 4 is 54.9 Å². The lowest BCUT2D eigenvalue weighted by Gasteiger charge is -2.19. The van der Waals surface area contributed by atoms with Crippen LogP contribution in [0.4, 0.5) is 5.69 Å². The van der Waals surface area contributed by atoms with Gasteiger partial charge in [0.15, 0.2) is 4.34 Å². The fourth-order valence-corrected chi connectivity index (χ4v) is 5.67. The maximum Gasteiger partial charge on any atom is 0.255 e. The first-order valence-electron chi connectivity index (χ1n) is 8.97. The second-order valence-electron chi connectivity index (χ2n) is 6.24. The highest BCUT2D eigenvalue weighted by Gasteiger charge is 2.22. The summed E-state index contributed by atoms with van der Waals surface area (Å²) in [6.45, 7) is 7.54. The minimum absolute atomic E-state index is 0.110. The van der Waals surface area contributed by atoms with E-state index in [1.807, 2.05) is 18.4 Å². The highest BCUT2D eigenvalue weighted by molar-refractivity contribution is 8.00. The maximum absolute atomic E-state index is 12.8. The van der Waals surface area contributed by atoms with Gasteiger partial charge in [-0.3, -0.25) is 4.79 Å². The van der Waals surface area contributed by atoms with E-state index in [2.05, 4.69) is 23.5 Å². The monoisotopic (exact) mass is 459 g/mol. The normalized spacial score (nSPS) is 11.5. The molecule has 156 valence electrons. The standard InChI is InChI=1S/C21H21N3O3S3/c1-4-12-24(13-5-2)30(26,27)17-9-6-15(7-10-17)20(25)22-16-8-11-18-19(14-16)29-21(23-18)28-3/h4-11,14H,1-2,12-13H2,3H3,(H,22,25). The summed E-state index contributed by atoms with van der Waals surface area (Å²) in [5.41, 5.74) is 1.91.